The molecule has 5 nitrogen and oxygen atoms in total. The van der Waals surface area contributed by atoms with Crippen molar-refractivity contribution in [3.05, 3.63) is 34.1 Å². The standard InChI is InChI=1S/C15H15BrFNO4/c1-8(19)14-12-6-22-18(9(2)20)15(12,7-21-14)11-5-10(16)3-4-13(11)17/h3-5,12,14H,6-7H2,1-2H3/t12-,14-,15-/m1/s1. The first kappa shape index (κ1) is 15.6. The second-order valence-corrected chi connectivity index (χ2v) is 6.52. The van der Waals surface area contributed by atoms with Crippen molar-refractivity contribution in [1.82, 2.24) is 5.06 Å². The van der Waals surface area contributed by atoms with Crippen molar-refractivity contribution >= 4 is 27.6 Å². The number of benzene rings is 1. The van der Waals surface area contributed by atoms with E-state index in [2.05, 4.69) is 15.9 Å². The molecule has 0 N–H and O–H groups in total. The maximum Gasteiger partial charge on any atom is 0.243 e. The van der Waals surface area contributed by atoms with Gasteiger partial charge < -0.3 is 4.74 Å². The van der Waals surface area contributed by atoms with Gasteiger partial charge in [-0.05, 0) is 25.1 Å². The Morgan fingerprint density at radius 1 is 1.41 bits per heavy atom. The topological polar surface area (TPSA) is 55.8 Å². The molecule has 0 unspecified atom stereocenters. The number of Topliss-reactive ketones (excluding diaryl/α,β-unsaturated/α-hetero) is 1. The summed E-state index contributed by atoms with van der Waals surface area (Å²) in [4.78, 5) is 29.3. The first-order valence-electron chi connectivity index (χ1n) is 6.89. The fourth-order valence-corrected chi connectivity index (χ4v) is 3.74. The van der Waals surface area contributed by atoms with Crippen molar-refractivity contribution in [3.63, 3.8) is 0 Å². The second kappa shape index (κ2) is 5.40. The van der Waals surface area contributed by atoms with Gasteiger partial charge in [-0.3, -0.25) is 14.4 Å². The van der Waals surface area contributed by atoms with Gasteiger partial charge in [0.2, 0.25) is 5.91 Å². The number of carbonyl (C=O) groups excluding carboxylic acids is 2. The summed E-state index contributed by atoms with van der Waals surface area (Å²) in [5.74, 6) is -1.40. The lowest BCUT2D eigenvalue weighted by molar-refractivity contribution is -0.193. The fourth-order valence-electron chi connectivity index (χ4n) is 3.38. The van der Waals surface area contributed by atoms with E-state index in [0.29, 0.717) is 10.0 Å². The van der Waals surface area contributed by atoms with Crippen LogP contribution < -0.4 is 0 Å². The number of hydrogen-bond acceptors (Lipinski definition) is 4. The lowest BCUT2D eigenvalue weighted by Crippen LogP contribution is -2.48. The summed E-state index contributed by atoms with van der Waals surface area (Å²) in [5.41, 5.74) is -0.820. The largest absolute Gasteiger partial charge is 0.367 e. The highest BCUT2D eigenvalue weighted by Crippen LogP contribution is 2.50. The van der Waals surface area contributed by atoms with Crippen molar-refractivity contribution in [3.8, 4) is 0 Å². The minimum absolute atomic E-state index is 0.0227. The molecule has 3 atom stereocenters. The Labute approximate surface area is 135 Å². The van der Waals surface area contributed by atoms with Crippen LogP contribution in [0.2, 0.25) is 0 Å². The van der Waals surface area contributed by atoms with Gasteiger partial charge in [0.25, 0.3) is 0 Å². The maximum absolute atomic E-state index is 14.5. The van der Waals surface area contributed by atoms with E-state index in [1.807, 2.05) is 0 Å². The molecule has 0 spiro atoms. The van der Waals surface area contributed by atoms with Gasteiger partial charge in [-0.1, -0.05) is 15.9 Å². The average Bonchev–Trinajstić information content (AvgIpc) is 2.98. The van der Waals surface area contributed by atoms with Crippen molar-refractivity contribution in [2.75, 3.05) is 13.2 Å². The Hall–Kier alpha value is -1.31. The summed E-state index contributed by atoms with van der Waals surface area (Å²) < 4.78 is 20.8. The Morgan fingerprint density at radius 3 is 2.77 bits per heavy atom. The van der Waals surface area contributed by atoms with E-state index in [1.165, 1.54) is 19.9 Å². The van der Waals surface area contributed by atoms with Crippen LogP contribution in [0, 0.1) is 11.7 Å². The summed E-state index contributed by atoms with van der Waals surface area (Å²) in [6.45, 7) is 2.93. The zero-order chi connectivity index (χ0) is 16.1. The summed E-state index contributed by atoms with van der Waals surface area (Å²) in [5, 5.41) is 1.16. The highest BCUT2D eigenvalue weighted by molar-refractivity contribution is 9.10. The molecule has 2 aliphatic heterocycles. The van der Waals surface area contributed by atoms with E-state index in [9.17, 15) is 14.0 Å². The Morgan fingerprint density at radius 2 is 2.14 bits per heavy atom. The van der Waals surface area contributed by atoms with Crippen LogP contribution in [-0.2, 0) is 24.7 Å². The minimum Gasteiger partial charge on any atom is -0.367 e. The van der Waals surface area contributed by atoms with Crippen LogP contribution >= 0.6 is 15.9 Å². The zero-order valence-electron chi connectivity index (χ0n) is 12.1. The van der Waals surface area contributed by atoms with E-state index in [1.54, 1.807) is 12.1 Å². The SMILES string of the molecule is CC(=O)[C@H]1OC[C@@]2(c3cc(Br)ccc3F)[C@@H]1CON2C(C)=O. The molecule has 0 aliphatic carbocycles. The third-order valence-electron chi connectivity index (χ3n) is 4.29. The van der Waals surface area contributed by atoms with Crippen LogP contribution in [0.25, 0.3) is 0 Å². The molecule has 2 heterocycles. The number of carbonyl (C=O) groups is 2. The van der Waals surface area contributed by atoms with Crippen LogP contribution in [0.5, 0.6) is 0 Å². The van der Waals surface area contributed by atoms with E-state index < -0.39 is 23.4 Å². The molecular weight excluding hydrogens is 357 g/mol. The Balaban J connectivity index is 2.18. The normalized spacial score (nSPS) is 30.5. The number of amides is 1. The van der Waals surface area contributed by atoms with Gasteiger partial charge in [0.1, 0.15) is 17.5 Å². The molecule has 2 saturated heterocycles. The van der Waals surface area contributed by atoms with E-state index in [-0.39, 0.29) is 24.9 Å². The van der Waals surface area contributed by atoms with E-state index in [4.69, 9.17) is 9.57 Å². The molecule has 7 heteroatoms. The zero-order valence-corrected chi connectivity index (χ0v) is 13.7. The predicted octanol–water partition coefficient (Wildman–Crippen LogP) is 2.18. The van der Waals surface area contributed by atoms with Gasteiger partial charge in [-0.15, -0.1) is 0 Å². The first-order valence-corrected chi connectivity index (χ1v) is 7.68. The first-order chi connectivity index (χ1) is 10.4. The number of ketones is 1. The number of nitrogens with zero attached hydrogens (tertiary/aromatic N) is 1. The third kappa shape index (κ3) is 2.11. The Kier molecular flexibility index (Phi) is 3.82. The molecule has 118 valence electrons. The number of fused-ring (bicyclic) bond motifs is 1. The summed E-state index contributed by atoms with van der Waals surface area (Å²) in [6.07, 6.45) is -0.706. The van der Waals surface area contributed by atoms with Gasteiger partial charge in [0, 0.05) is 17.0 Å². The average molecular weight is 372 g/mol. The molecule has 1 aromatic rings. The number of halogens is 2. The van der Waals surface area contributed by atoms with Gasteiger partial charge in [0.05, 0.1) is 19.1 Å². The monoisotopic (exact) mass is 371 g/mol. The molecule has 1 aromatic carbocycles. The van der Waals surface area contributed by atoms with Crippen molar-refractivity contribution < 1.29 is 23.6 Å². The van der Waals surface area contributed by atoms with Crippen LogP contribution in [0.3, 0.4) is 0 Å². The quantitative estimate of drug-likeness (QED) is 0.799. The van der Waals surface area contributed by atoms with E-state index in [0.717, 1.165) is 5.06 Å². The van der Waals surface area contributed by atoms with Gasteiger partial charge >= 0.3 is 0 Å². The maximum atomic E-state index is 14.5. The second-order valence-electron chi connectivity index (χ2n) is 5.61. The molecule has 0 radical (unpaired) electrons. The molecule has 0 saturated carbocycles. The third-order valence-corrected chi connectivity index (χ3v) is 4.78. The van der Waals surface area contributed by atoms with Crippen LogP contribution in [0.15, 0.2) is 22.7 Å². The molecule has 1 amide bonds. The van der Waals surface area contributed by atoms with Crippen molar-refractivity contribution in [2.24, 2.45) is 5.92 Å². The highest BCUT2D eigenvalue weighted by Gasteiger charge is 2.62. The number of hydroxylamine groups is 2. The lowest BCUT2D eigenvalue weighted by atomic mass is 9.77. The van der Waals surface area contributed by atoms with Gasteiger partial charge in [-0.25, -0.2) is 9.45 Å². The summed E-state index contributed by atoms with van der Waals surface area (Å²) >= 11 is 3.32. The summed E-state index contributed by atoms with van der Waals surface area (Å²) in [6, 6.07) is 4.51. The number of ether oxygens (including phenoxy) is 1. The van der Waals surface area contributed by atoms with Crippen molar-refractivity contribution in [1.29, 1.82) is 0 Å². The van der Waals surface area contributed by atoms with E-state index >= 15 is 0 Å². The molecule has 3 rings (SSSR count). The predicted molar refractivity (Wildman–Crippen MR) is 78.2 cm³/mol. The molecular formula is C15H15BrFNO4. The van der Waals surface area contributed by atoms with Gasteiger partial charge in [-0.2, -0.15) is 0 Å². The van der Waals surface area contributed by atoms with Crippen LogP contribution in [0.1, 0.15) is 19.4 Å². The van der Waals surface area contributed by atoms with Crippen molar-refractivity contribution in [2.45, 2.75) is 25.5 Å². The summed E-state index contributed by atoms with van der Waals surface area (Å²) in [7, 11) is 0. The van der Waals surface area contributed by atoms with Crippen LogP contribution in [-0.4, -0.2) is 36.1 Å². The fraction of sp³-hybridized carbons (Fsp3) is 0.467. The van der Waals surface area contributed by atoms with Crippen LogP contribution in [0.4, 0.5) is 4.39 Å². The number of rotatable bonds is 2. The molecule has 0 aromatic heterocycles. The molecule has 2 fully saturated rings. The highest BCUT2D eigenvalue weighted by atomic mass is 79.9. The Bertz CT molecular complexity index is 652. The minimum atomic E-state index is -1.12. The van der Waals surface area contributed by atoms with Gasteiger partial charge in [0.15, 0.2) is 5.78 Å². The number of hydrogen-bond donors (Lipinski definition) is 0. The molecule has 22 heavy (non-hydrogen) atoms. The smallest absolute Gasteiger partial charge is 0.243 e. The lowest BCUT2D eigenvalue weighted by Gasteiger charge is -2.35. The molecule has 2 aliphatic rings. The molecule has 0 bridgehead atoms.